The summed E-state index contributed by atoms with van der Waals surface area (Å²) in [4.78, 5) is 17.6. The fourth-order valence-corrected chi connectivity index (χ4v) is 3.75. The van der Waals surface area contributed by atoms with Crippen LogP contribution in [0.2, 0.25) is 0 Å². The van der Waals surface area contributed by atoms with E-state index < -0.39 is 0 Å². The highest BCUT2D eigenvalue weighted by Gasteiger charge is 2.15. The Morgan fingerprint density at radius 2 is 2.05 bits per heavy atom. The Hall–Kier alpha value is -1.87. The molecule has 0 spiro atoms. The highest BCUT2D eigenvalue weighted by molar-refractivity contribution is 7.15. The Kier molecular flexibility index (Phi) is 4.16. The molecule has 0 aliphatic carbocycles. The van der Waals surface area contributed by atoms with E-state index in [0.29, 0.717) is 5.92 Å². The van der Waals surface area contributed by atoms with Gasteiger partial charge in [0.2, 0.25) is 0 Å². The zero-order chi connectivity index (χ0) is 15.7. The van der Waals surface area contributed by atoms with E-state index in [1.165, 1.54) is 10.4 Å². The largest absolute Gasteiger partial charge is 0.353 e. The molecule has 1 N–H and O–H groups in total. The summed E-state index contributed by atoms with van der Waals surface area (Å²) in [7, 11) is 0. The quantitative estimate of drug-likeness (QED) is 0.595. The maximum Gasteiger partial charge on any atom is 0.152 e. The van der Waals surface area contributed by atoms with Crippen LogP contribution in [-0.2, 0) is 6.42 Å². The summed E-state index contributed by atoms with van der Waals surface area (Å²) in [6.45, 7) is 6.57. The van der Waals surface area contributed by atoms with E-state index in [0.717, 1.165) is 46.2 Å². The van der Waals surface area contributed by atoms with E-state index in [1.54, 1.807) is 11.3 Å². The van der Waals surface area contributed by atoms with Crippen molar-refractivity contribution >= 4 is 28.5 Å². The minimum atomic E-state index is 0.510. The average molecular weight is 311 g/mol. The van der Waals surface area contributed by atoms with Crippen molar-refractivity contribution < 1.29 is 4.79 Å². The number of aromatic nitrogens is 1. The molecule has 2 heterocycles. The third-order valence-corrected chi connectivity index (χ3v) is 5.67. The summed E-state index contributed by atoms with van der Waals surface area (Å²) in [6.07, 6.45) is 3.11. The van der Waals surface area contributed by atoms with Gasteiger partial charge in [-0.3, -0.25) is 4.79 Å². The molecule has 1 unspecified atom stereocenters. The molecule has 1 aromatic carbocycles. The smallest absolute Gasteiger partial charge is 0.152 e. The van der Waals surface area contributed by atoms with Gasteiger partial charge in [0.15, 0.2) is 6.29 Å². The van der Waals surface area contributed by atoms with E-state index in [-0.39, 0.29) is 0 Å². The SMILES string of the molecule is CCc1ccc(-c2[nH]c3ccc(C(C)CC)cc3c2C=O)s1. The number of hydrogen-bond acceptors (Lipinski definition) is 2. The van der Waals surface area contributed by atoms with E-state index in [1.807, 2.05) is 0 Å². The molecule has 2 nitrogen and oxygen atoms in total. The van der Waals surface area contributed by atoms with Gasteiger partial charge in [-0.2, -0.15) is 0 Å². The second kappa shape index (κ2) is 6.09. The van der Waals surface area contributed by atoms with Gasteiger partial charge in [0.05, 0.1) is 10.6 Å². The number of aryl methyl sites for hydroxylation is 1. The minimum Gasteiger partial charge on any atom is -0.353 e. The number of carbonyl (C=O) groups excluding carboxylic acids is 1. The number of H-pyrrole nitrogens is 1. The molecule has 0 saturated heterocycles. The lowest BCUT2D eigenvalue weighted by molar-refractivity contribution is 0.112. The first kappa shape index (κ1) is 15.0. The standard InChI is InChI=1S/C19H21NOS/c1-4-12(3)13-6-8-17-15(10-13)16(11-21)19(20-17)18-9-7-14(5-2)22-18/h6-12,20H,4-5H2,1-3H3. The van der Waals surface area contributed by atoms with Gasteiger partial charge in [-0.05, 0) is 48.6 Å². The van der Waals surface area contributed by atoms with Crippen LogP contribution in [0.25, 0.3) is 21.5 Å². The zero-order valence-corrected chi connectivity index (χ0v) is 14.1. The van der Waals surface area contributed by atoms with Crippen molar-refractivity contribution in [2.24, 2.45) is 0 Å². The summed E-state index contributed by atoms with van der Waals surface area (Å²) in [5.41, 5.74) is 4.07. The lowest BCUT2D eigenvalue weighted by atomic mass is 9.96. The maximum atomic E-state index is 11.7. The molecule has 114 valence electrons. The highest BCUT2D eigenvalue weighted by atomic mass is 32.1. The van der Waals surface area contributed by atoms with Crippen LogP contribution >= 0.6 is 11.3 Å². The maximum absolute atomic E-state index is 11.7. The number of aromatic amines is 1. The molecule has 0 saturated carbocycles. The zero-order valence-electron chi connectivity index (χ0n) is 13.3. The monoisotopic (exact) mass is 311 g/mol. The van der Waals surface area contributed by atoms with E-state index in [9.17, 15) is 4.79 Å². The van der Waals surface area contributed by atoms with Crippen molar-refractivity contribution in [3.63, 3.8) is 0 Å². The van der Waals surface area contributed by atoms with Crippen LogP contribution < -0.4 is 0 Å². The number of thiophene rings is 1. The topological polar surface area (TPSA) is 32.9 Å². The van der Waals surface area contributed by atoms with Crippen LogP contribution in [0.5, 0.6) is 0 Å². The average Bonchev–Trinajstić information content (AvgIpc) is 3.16. The summed E-state index contributed by atoms with van der Waals surface area (Å²) < 4.78 is 0. The van der Waals surface area contributed by atoms with Crippen LogP contribution in [0, 0.1) is 0 Å². The number of benzene rings is 1. The summed E-state index contributed by atoms with van der Waals surface area (Å²) in [5, 5.41) is 1.04. The first-order chi connectivity index (χ1) is 10.7. The van der Waals surface area contributed by atoms with Gasteiger partial charge in [0.1, 0.15) is 0 Å². The van der Waals surface area contributed by atoms with Crippen LogP contribution in [0.15, 0.2) is 30.3 Å². The lowest BCUT2D eigenvalue weighted by Crippen LogP contribution is -1.90. The normalized spacial score (nSPS) is 12.7. The Bertz CT molecular complexity index is 812. The number of fused-ring (bicyclic) bond motifs is 1. The van der Waals surface area contributed by atoms with Crippen LogP contribution in [-0.4, -0.2) is 11.3 Å². The molecule has 0 bridgehead atoms. The van der Waals surface area contributed by atoms with Gasteiger partial charge < -0.3 is 4.98 Å². The molecule has 0 amide bonds. The molecule has 0 aliphatic rings. The van der Waals surface area contributed by atoms with Crippen molar-refractivity contribution in [3.05, 3.63) is 46.3 Å². The summed E-state index contributed by atoms with van der Waals surface area (Å²) in [5.74, 6) is 0.510. The Morgan fingerprint density at radius 3 is 2.68 bits per heavy atom. The Balaban J connectivity index is 2.17. The third-order valence-electron chi connectivity index (χ3n) is 4.42. The Labute approximate surface area is 135 Å². The van der Waals surface area contributed by atoms with Crippen molar-refractivity contribution in [2.75, 3.05) is 0 Å². The van der Waals surface area contributed by atoms with Gasteiger partial charge in [0, 0.05) is 21.3 Å². The van der Waals surface area contributed by atoms with Crippen LogP contribution in [0.3, 0.4) is 0 Å². The van der Waals surface area contributed by atoms with Crippen LogP contribution in [0.1, 0.15) is 53.9 Å². The van der Waals surface area contributed by atoms with Gasteiger partial charge in [-0.1, -0.05) is 26.8 Å². The summed E-state index contributed by atoms with van der Waals surface area (Å²) >= 11 is 1.76. The number of nitrogens with one attached hydrogen (secondary N) is 1. The third kappa shape index (κ3) is 2.50. The molecule has 3 aromatic rings. The Morgan fingerprint density at radius 1 is 1.23 bits per heavy atom. The number of rotatable bonds is 5. The first-order valence-corrected chi connectivity index (χ1v) is 8.69. The molecule has 2 aromatic heterocycles. The minimum absolute atomic E-state index is 0.510. The lowest BCUT2D eigenvalue weighted by Gasteiger charge is -2.08. The number of aldehydes is 1. The highest BCUT2D eigenvalue weighted by Crippen LogP contribution is 2.35. The first-order valence-electron chi connectivity index (χ1n) is 7.87. The molecule has 0 fully saturated rings. The van der Waals surface area contributed by atoms with Crippen LogP contribution in [0.4, 0.5) is 0 Å². The molecular formula is C19H21NOS. The summed E-state index contributed by atoms with van der Waals surface area (Å²) in [6, 6.07) is 10.7. The predicted molar refractivity (Wildman–Crippen MR) is 95.1 cm³/mol. The molecule has 3 heteroatoms. The van der Waals surface area contributed by atoms with Gasteiger partial charge in [-0.25, -0.2) is 0 Å². The predicted octanol–water partition coefficient (Wildman–Crippen LogP) is 5.78. The van der Waals surface area contributed by atoms with E-state index >= 15 is 0 Å². The van der Waals surface area contributed by atoms with Crippen molar-refractivity contribution in [2.45, 2.75) is 39.5 Å². The van der Waals surface area contributed by atoms with E-state index in [2.05, 4.69) is 56.1 Å². The number of carbonyl (C=O) groups is 1. The van der Waals surface area contributed by atoms with Gasteiger partial charge >= 0.3 is 0 Å². The molecule has 22 heavy (non-hydrogen) atoms. The van der Waals surface area contributed by atoms with Gasteiger partial charge in [-0.15, -0.1) is 11.3 Å². The van der Waals surface area contributed by atoms with Crippen molar-refractivity contribution in [3.8, 4) is 10.6 Å². The van der Waals surface area contributed by atoms with Gasteiger partial charge in [0.25, 0.3) is 0 Å². The van der Waals surface area contributed by atoms with Crippen molar-refractivity contribution in [1.29, 1.82) is 0 Å². The molecule has 0 aliphatic heterocycles. The molecule has 0 radical (unpaired) electrons. The second-order valence-electron chi connectivity index (χ2n) is 5.77. The van der Waals surface area contributed by atoms with Crippen molar-refractivity contribution in [1.82, 2.24) is 4.98 Å². The molecular weight excluding hydrogens is 290 g/mol. The fraction of sp³-hybridized carbons (Fsp3) is 0.316. The molecule has 3 rings (SSSR count). The molecule has 1 atom stereocenters. The van der Waals surface area contributed by atoms with E-state index in [4.69, 9.17) is 0 Å². The number of hydrogen-bond donors (Lipinski definition) is 1. The second-order valence-corrected chi connectivity index (χ2v) is 6.93. The fourth-order valence-electron chi connectivity index (χ4n) is 2.79.